The molecule has 0 aliphatic rings. The number of benzene rings is 4. The van der Waals surface area contributed by atoms with Crippen molar-refractivity contribution in [1.82, 2.24) is 0 Å². The molecule has 0 bridgehead atoms. The lowest BCUT2D eigenvalue weighted by atomic mass is 9.13. The Morgan fingerprint density at radius 1 is 0.576 bits per heavy atom. The fourth-order valence-corrected chi connectivity index (χ4v) is 4.92. The summed E-state index contributed by atoms with van der Waals surface area (Å²) in [6.07, 6.45) is 7.34. The molecule has 0 saturated carbocycles. The predicted molar refractivity (Wildman–Crippen MR) is 149 cm³/mol. The lowest BCUT2D eigenvalue weighted by Gasteiger charge is -2.44. The van der Waals surface area contributed by atoms with Crippen LogP contribution in [0.3, 0.4) is 0 Å². The van der Waals surface area contributed by atoms with E-state index in [2.05, 4.69) is 134 Å². The van der Waals surface area contributed by atoms with Gasteiger partial charge in [-0.2, -0.15) is 21.9 Å². The van der Waals surface area contributed by atoms with E-state index in [1.165, 1.54) is 21.9 Å². The van der Waals surface area contributed by atoms with Gasteiger partial charge in [0.2, 0.25) is 0 Å². The van der Waals surface area contributed by atoms with Crippen LogP contribution in [0.15, 0.2) is 133 Å². The fraction of sp³-hybridized carbons (Fsp3) is 0.100. The summed E-state index contributed by atoms with van der Waals surface area (Å²) in [7, 11) is 0.437. The molecule has 4 aromatic carbocycles. The molecule has 0 aliphatic carbocycles. The first-order chi connectivity index (χ1) is 16.2. The Balaban J connectivity index is 0.000000331. The normalized spacial score (nSPS) is 11.1. The quantitative estimate of drug-likeness (QED) is 0.182. The maximum Gasteiger partial charge on any atom is 0.142 e. The van der Waals surface area contributed by atoms with Crippen molar-refractivity contribution in [2.24, 2.45) is 0 Å². The molecular weight excluding hydrogens is 419 g/mol. The third-order valence-corrected chi connectivity index (χ3v) is 6.70. The van der Waals surface area contributed by atoms with Crippen molar-refractivity contribution in [2.45, 2.75) is 0 Å². The summed E-state index contributed by atoms with van der Waals surface area (Å²) in [6.45, 7) is 0. The number of hydrogen-bond acceptors (Lipinski definition) is 1. The van der Waals surface area contributed by atoms with Gasteiger partial charge in [0.05, 0.1) is 12.5 Å². The molecule has 166 valence electrons. The minimum atomic E-state index is -1.22. The molecule has 1 nitrogen and oxygen atoms in total. The van der Waals surface area contributed by atoms with Crippen LogP contribution in [0.1, 0.15) is 0 Å². The standard InChI is InChI=1S/C24H20B.C6H11OS/c1-5-13-21(14-6-1)25(22-15-7-2-8-16-22,23-17-9-3-10-18-23)24-19-11-4-12-20-24;1-8(2)6-4-3-5-7/h1-20H;3-5H,6H2,1-2H3/q-1;+1/b;4-3+. The molecule has 0 atom stereocenters. The van der Waals surface area contributed by atoms with Crippen molar-refractivity contribution in [2.75, 3.05) is 18.3 Å². The third kappa shape index (κ3) is 6.15. The number of hydrogen-bond donors (Lipinski definition) is 0. The number of carbonyl (C=O) groups is 1. The van der Waals surface area contributed by atoms with Gasteiger partial charge in [0.25, 0.3) is 0 Å². The van der Waals surface area contributed by atoms with Crippen LogP contribution < -0.4 is 21.9 Å². The van der Waals surface area contributed by atoms with Gasteiger partial charge in [-0.1, -0.05) is 121 Å². The highest BCUT2D eigenvalue weighted by molar-refractivity contribution is 7.95. The van der Waals surface area contributed by atoms with Crippen molar-refractivity contribution in [3.63, 3.8) is 0 Å². The maximum atomic E-state index is 9.70. The van der Waals surface area contributed by atoms with E-state index in [-0.39, 0.29) is 0 Å². The number of aldehydes is 1. The molecule has 4 aromatic rings. The lowest BCUT2D eigenvalue weighted by Crippen LogP contribution is -2.74. The van der Waals surface area contributed by atoms with Gasteiger partial charge in [-0.15, -0.1) is 0 Å². The van der Waals surface area contributed by atoms with Crippen molar-refractivity contribution in [3.05, 3.63) is 133 Å². The average Bonchev–Trinajstić information content (AvgIpc) is 2.88. The lowest BCUT2D eigenvalue weighted by molar-refractivity contribution is -0.104. The second-order valence-corrected chi connectivity index (χ2v) is 10.5. The van der Waals surface area contributed by atoms with Gasteiger partial charge in [-0.25, -0.2) is 0 Å². The van der Waals surface area contributed by atoms with E-state index in [4.69, 9.17) is 0 Å². The van der Waals surface area contributed by atoms with E-state index in [1.54, 1.807) is 6.08 Å². The molecule has 0 radical (unpaired) electrons. The smallest absolute Gasteiger partial charge is 0.142 e. The van der Waals surface area contributed by atoms with Gasteiger partial charge in [0.1, 0.15) is 18.2 Å². The van der Waals surface area contributed by atoms with Crippen molar-refractivity contribution in [3.8, 4) is 0 Å². The summed E-state index contributed by atoms with van der Waals surface area (Å²) >= 11 is 0. The van der Waals surface area contributed by atoms with E-state index < -0.39 is 6.15 Å². The number of carbonyl (C=O) groups excluding carboxylic acids is 1. The Kier molecular flexibility index (Phi) is 9.35. The maximum absolute atomic E-state index is 9.70. The van der Waals surface area contributed by atoms with Gasteiger partial charge in [-0.05, 0) is 23.0 Å². The fourth-order valence-electron chi connectivity index (χ4n) is 4.43. The summed E-state index contributed by atoms with van der Waals surface area (Å²) in [4.78, 5) is 9.70. The van der Waals surface area contributed by atoms with Gasteiger partial charge in [0, 0.05) is 0 Å². The van der Waals surface area contributed by atoms with Crippen LogP contribution in [0, 0.1) is 0 Å². The molecule has 0 amide bonds. The molecule has 33 heavy (non-hydrogen) atoms. The molecule has 0 heterocycles. The van der Waals surface area contributed by atoms with Crippen LogP contribution in [-0.2, 0) is 15.7 Å². The Morgan fingerprint density at radius 3 is 1.12 bits per heavy atom. The van der Waals surface area contributed by atoms with E-state index in [0.717, 1.165) is 12.0 Å². The molecular formula is C30H31BOS. The monoisotopic (exact) mass is 450 g/mol. The number of rotatable bonds is 7. The Bertz CT molecular complexity index is 948. The van der Waals surface area contributed by atoms with E-state index in [0.29, 0.717) is 10.9 Å². The van der Waals surface area contributed by atoms with Gasteiger partial charge in [0.15, 0.2) is 0 Å². The van der Waals surface area contributed by atoms with Gasteiger partial charge < -0.3 is 0 Å². The molecule has 0 spiro atoms. The minimum Gasteiger partial charge on any atom is -0.299 e. The average molecular weight is 450 g/mol. The topological polar surface area (TPSA) is 17.1 Å². The zero-order chi connectivity index (χ0) is 23.4. The van der Waals surface area contributed by atoms with Gasteiger partial charge >= 0.3 is 0 Å². The molecule has 0 N–H and O–H groups in total. The van der Waals surface area contributed by atoms with Crippen molar-refractivity contribution >= 4 is 45.2 Å². The van der Waals surface area contributed by atoms with Crippen LogP contribution in [0.25, 0.3) is 0 Å². The van der Waals surface area contributed by atoms with Crippen molar-refractivity contribution in [1.29, 1.82) is 0 Å². The first-order valence-electron chi connectivity index (χ1n) is 11.2. The molecule has 0 aliphatic heterocycles. The minimum absolute atomic E-state index is 0.437. The summed E-state index contributed by atoms with van der Waals surface area (Å²) < 4.78 is 0. The van der Waals surface area contributed by atoms with E-state index in [9.17, 15) is 4.79 Å². The molecule has 4 rings (SSSR count). The van der Waals surface area contributed by atoms with Crippen LogP contribution in [0.2, 0.25) is 0 Å². The van der Waals surface area contributed by atoms with E-state index in [1.807, 2.05) is 6.08 Å². The Labute approximate surface area is 201 Å². The number of allylic oxidation sites excluding steroid dienone is 1. The highest BCUT2D eigenvalue weighted by Crippen LogP contribution is 2.09. The SMILES string of the molecule is C[S+](C)C/C=C/C=O.c1ccc([B-](c2ccccc2)(c2ccccc2)c2ccccc2)cc1. The molecule has 3 heteroatoms. The zero-order valence-corrected chi connectivity index (χ0v) is 20.2. The first kappa shape index (κ1) is 24.3. The molecule has 0 unspecified atom stereocenters. The molecule has 0 aromatic heterocycles. The van der Waals surface area contributed by atoms with Crippen LogP contribution in [0.5, 0.6) is 0 Å². The van der Waals surface area contributed by atoms with Crippen LogP contribution >= 0.6 is 0 Å². The molecule has 0 fully saturated rings. The van der Waals surface area contributed by atoms with Crippen molar-refractivity contribution < 1.29 is 4.79 Å². The summed E-state index contributed by atoms with van der Waals surface area (Å²) in [6, 6.07) is 43.5. The van der Waals surface area contributed by atoms with Crippen LogP contribution in [0.4, 0.5) is 0 Å². The predicted octanol–water partition coefficient (Wildman–Crippen LogP) is 3.68. The largest absolute Gasteiger partial charge is 0.299 e. The highest BCUT2D eigenvalue weighted by Gasteiger charge is 2.30. The molecule has 0 saturated heterocycles. The second-order valence-electron chi connectivity index (χ2n) is 8.23. The summed E-state index contributed by atoms with van der Waals surface area (Å²) in [5.41, 5.74) is 5.36. The zero-order valence-electron chi connectivity index (χ0n) is 19.4. The van der Waals surface area contributed by atoms with E-state index >= 15 is 0 Å². The summed E-state index contributed by atoms with van der Waals surface area (Å²) in [5, 5.41) is 0. The second kappa shape index (κ2) is 12.7. The Morgan fingerprint density at radius 2 is 0.879 bits per heavy atom. The summed E-state index contributed by atoms with van der Waals surface area (Å²) in [5.74, 6) is 1.03. The van der Waals surface area contributed by atoms with Crippen LogP contribution in [-0.4, -0.2) is 30.7 Å². The third-order valence-electron chi connectivity index (χ3n) is 5.84. The van der Waals surface area contributed by atoms with Gasteiger partial charge in [-0.3, -0.25) is 4.79 Å². The Hall–Kier alpha value is -3.30. The first-order valence-corrected chi connectivity index (χ1v) is 13.4. The highest BCUT2D eigenvalue weighted by atomic mass is 32.2.